The van der Waals surface area contributed by atoms with Gasteiger partial charge in [-0.3, -0.25) is 4.79 Å². The van der Waals surface area contributed by atoms with Gasteiger partial charge in [-0.15, -0.1) is 0 Å². The van der Waals surface area contributed by atoms with Crippen molar-refractivity contribution in [3.8, 4) is 0 Å². The van der Waals surface area contributed by atoms with Gasteiger partial charge >= 0.3 is 5.97 Å². The SMILES string of the molecule is CCCCCCCCCCCCC(=O)N[C@@H](CCC=O)C(=O)O. The number of unbranched alkanes of at least 4 members (excludes halogenated alkanes) is 9. The number of carbonyl (C=O) groups is 3. The molecule has 5 heteroatoms. The average molecular weight is 327 g/mol. The Hall–Kier alpha value is -1.39. The summed E-state index contributed by atoms with van der Waals surface area (Å²) < 4.78 is 0. The number of aliphatic carboxylic acids is 1. The summed E-state index contributed by atoms with van der Waals surface area (Å²) in [4.78, 5) is 32.9. The molecule has 0 unspecified atom stereocenters. The van der Waals surface area contributed by atoms with Gasteiger partial charge in [0.1, 0.15) is 12.3 Å². The van der Waals surface area contributed by atoms with E-state index in [2.05, 4.69) is 12.2 Å². The highest BCUT2D eigenvalue weighted by atomic mass is 16.4. The first-order chi connectivity index (χ1) is 11.1. The van der Waals surface area contributed by atoms with Crippen LogP contribution in [0.4, 0.5) is 0 Å². The molecule has 0 heterocycles. The zero-order chi connectivity index (χ0) is 17.3. The van der Waals surface area contributed by atoms with E-state index in [1.807, 2.05) is 0 Å². The van der Waals surface area contributed by atoms with Crippen molar-refractivity contribution in [3.63, 3.8) is 0 Å². The van der Waals surface area contributed by atoms with Gasteiger partial charge in [-0.2, -0.15) is 0 Å². The molecule has 134 valence electrons. The van der Waals surface area contributed by atoms with E-state index in [-0.39, 0.29) is 18.7 Å². The van der Waals surface area contributed by atoms with Crippen LogP contribution in [0.1, 0.15) is 90.4 Å². The van der Waals surface area contributed by atoms with Gasteiger partial charge in [0.15, 0.2) is 0 Å². The second-order valence-electron chi connectivity index (χ2n) is 6.13. The fourth-order valence-corrected chi connectivity index (χ4v) is 2.53. The summed E-state index contributed by atoms with van der Waals surface area (Å²) in [5.74, 6) is -1.31. The summed E-state index contributed by atoms with van der Waals surface area (Å²) in [6.45, 7) is 2.22. The predicted octanol–water partition coefficient (Wildman–Crippen LogP) is 3.85. The summed E-state index contributed by atoms with van der Waals surface area (Å²) in [5.41, 5.74) is 0. The van der Waals surface area contributed by atoms with E-state index in [0.29, 0.717) is 12.7 Å². The lowest BCUT2D eigenvalue weighted by molar-refractivity contribution is -0.142. The predicted molar refractivity (Wildman–Crippen MR) is 91.3 cm³/mol. The average Bonchev–Trinajstić information content (AvgIpc) is 2.53. The number of nitrogens with one attached hydrogen (secondary N) is 1. The van der Waals surface area contributed by atoms with Crippen molar-refractivity contribution in [2.45, 2.75) is 96.4 Å². The fourth-order valence-electron chi connectivity index (χ4n) is 2.53. The number of carbonyl (C=O) groups excluding carboxylic acids is 2. The topological polar surface area (TPSA) is 83.5 Å². The Labute approximate surface area is 140 Å². The number of hydrogen-bond donors (Lipinski definition) is 2. The molecule has 0 aromatic rings. The number of rotatable bonds is 16. The van der Waals surface area contributed by atoms with E-state index in [1.54, 1.807) is 0 Å². The van der Waals surface area contributed by atoms with Gasteiger partial charge in [0.2, 0.25) is 5.91 Å². The number of carboxylic acid groups (broad SMARTS) is 1. The van der Waals surface area contributed by atoms with E-state index in [1.165, 1.54) is 44.9 Å². The molecule has 1 amide bonds. The third-order valence-corrected chi connectivity index (χ3v) is 3.96. The van der Waals surface area contributed by atoms with E-state index in [9.17, 15) is 14.4 Å². The summed E-state index contributed by atoms with van der Waals surface area (Å²) in [5, 5.41) is 11.4. The summed E-state index contributed by atoms with van der Waals surface area (Å²) in [7, 11) is 0. The summed E-state index contributed by atoms with van der Waals surface area (Å²) in [6, 6.07) is -0.948. The third-order valence-electron chi connectivity index (χ3n) is 3.96. The molecular formula is C18H33NO4. The van der Waals surface area contributed by atoms with Crippen molar-refractivity contribution < 1.29 is 19.5 Å². The maximum atomic E-state index is 11.7. The summed E-state index contributed by atoms with van der Waals surface area (Å²) in [6.07, 6.45) is 13.3. The molecule has 0 radical (unpaired) electrons. The molecule has 0 spiro atoms. The van der Waals surface area contributed by atoms with Gasteiger partial charge in [0, 0.05) is 12.8 Å². The number of aldehydes is 1. The minimum Gasteiger partial charge on any atom is -0.480 e. The Bertz CT molecular complexity index is 331. The van der Waals surface area contributed by atoms with Gasteiger partial charge in [-0.05, 0) is 12.8 Å². The molecular weight excluding hydrogens is 294 g/mol. The van der Waals surface area contributed by atoms with Gasteiger partial charge in [0.05, 0.1) is 0 Å². The maximum absolute atomic E-state index is 11.7. The molecule has 0 aromatic heterocycles. The van der Waals surface area contributed by atoms with Crippen molar-refractivity contribution >= 4 is 18.2 Å². The van der Waals surface area contributed by atoms with Crippen LogP contribution >= 0.6 is 0 Å². The van der Waals surface area contributed by atoms with Crippen molar-refractivity contribution in [3.05, 3.63) is 0 Å². The Morgan fingerprint density at radius 2 is 1.48 bits per heavy atom. The lowest BCUT2D eigenvalue weighted by Crippen LogP contribution is -2.40. The van der Waals surface area contributed by atoms with Crippen LogP contribution < -0.4 is 5.32 Å². The highest BCUT2D eigenvalue weighted by Gasteiger charge is 2.18. The number of amides is 1. The van der Waals surface area contributed by atoms with Crippen LogP contribution in [-0.4, -0.2) is 29.3 Å². The van der Waals surface area contributed by atoms with Crippen molar-refractivity contribution in [1.29, 1.82) is 0 Å². The van der Waals surface area contributed by atoms with Crippen molar-refractivity contribution in [2.75, 3.05) is 0 Å². The van der Waals surface area contributed by atoms with Crippen molar-refractivity contribution in [2.24, 2.45) is 0 Å². The lowest BCUT2D eigenvalue weighted by Gasteiger charge is -2.13. The van der Waals surface area contributed by atoms with E-state index in [0.717, 1.165) is 19.3 Å². The minimum absolute atomic E-state index is 0.148. The highest BCUT2D eigenvalue weighted by molar-refractivity contribution is 5.83. The molecule has 0 aliphatic heterocycles. The largest absolute Gasteiger partial charge is 0.480 e. The first-order valence-corrected chi connectivity index (χ1v) is 9.07. The van der Waals surface area contributed by atoms with Gasteiger partial charge in [-0.1, -0.05) is 64.7 Å². The zero-order valence-corrected chi connectivity index (χ0v) is 14.5. The van der Waals surface area contributed by atoms with E-state index >= 15 is 0 Å². The Kier molecular flexibility index (Phi) is 14.6. The fraction of sp³-hybridized carbons (Fsp3) is 0.833. The molecule has 2 N–H and O–H groups in total. The van der Waals surface area contributed by atoms with Gasteiger partial charge in [0.25, 0.3) is 0 Å². The molecule has 0 fully saturated rings. The van der Waals surface area contributed by atoms with Crippen LogP contribution in [0, 0.1) is 0 Å². The van der Waals surface area contributed by atoms with Gasteiger partial charge in [-0.25, -0.2) is 4.79 Å². The quantitative estimate of drug-likeness (QED) is 0.333. The molecule has 23 heavy (non-hydrogen) atoms. The van der Waals surface area contributed by atoms with Crippen LogP contribution in [0.25, 0.3) is 0 Å². The Balaban J connectivity index is 3.54. The molecule has 0 aliphatic rings. The smallest absolute Gasteiger partial charge is 0.326 e. The number of carboxylic acids is 1. The molecule has 1 atom stereocenters. The standard InChI is InChI=1S/C18H33NO4/c1-2-3-4-5-6-7-8-9-10-11-14-17(21)19-16(18(22)23)13-12-15-20/h15-16H,2-14H2,1H3,(H,19,21)(H,22,23)/t16-/m0/s1. The van der Waals surface area contributed by atoms with Crippen molar-refractivity contribution in [1.82, 2.24) is 5.32 Å². The first-order valence-electron chi connectivity index (χ1n) is 9.07. The Morgan fingerprint density at radius 1 is 0.957 bits per heavy atom. The molecule has 0 rings (SSSR count). The molecule has 5 nitrogen and oxygen atoms in total. The first kappa shape index (κ1) is 21.6. The van der Waals surface area contributed by atoms with Crippen LogP contribution in [0.2, 0.25) is 0 Å². The third kappa shape index (κ3) is 14.0. The summed E-state index contributed by atoms with van der Waals surface area (Å²) >= 11 is 0. The Morgan fingerprint density at radius 3 is 1.96 bits per heavy atom. The second-order valence-corrected chi connectivity index (χ2v) is 6.13. The molecule has 0 bridgehead atoms. The van der Waals surface area contributed by atoms with Crippen LogP contribution in [-0.2, 0) is 14.4 Å². The lowest BCUT2D eigenvalue weighted by atomic mass is 10.1. The normalized spacial score (nSPS) is 11.9. The zero-order valence-electron chi connectivity index (χ0n) is 14.5. The van der Waals surface area contributed by atoms with Crippen LogP contribution in [0.5, 0.6) is 0 Å². The molecule has 0 aromatic carbocycles. The highest BCUT2D eigenvalue weighted by Crippen LogP contribution is 2.11. The van der Waals surface area contributed by atoms with E-state index in [4.69, 9.17) is 5.11 Å². The number of hydrogen-bond acceptors (Lipinski definition) is 3. The minimum atomic E-state index is -1.08. The van der Waals surface area contributed by atoms with Gasteiger partial charge < -0.3 is 15.2 Å². The monoisotopic (exact) mass is 327 g/mol. The van der Waals surface area contributed by atoms with Crippen LogP contribution in [0.3, 0.4) is 0 Å². The molecule has 0 saturated carbocycles. The second kappa shape index (κ2) is 15.5. The van der Waals surface area contributed by atoms with E-state index < -0.39 is 12.0 Å². The molecule has 0 aliphatic carbocycles. The van der Waals surface area contributed by atoms with Crippen LogP contribution in [0.15, 0.2) is 0 Å². The maximum Gasteiger partial charge on any atom is 0.326 e. The molecule has 0 saturated heterocycles.